The SMILES string of the molecule is C/C(=N\NC(=O)c1ccncc1)c1ccccc1OCc1ccc(B2CC3CC4CC(C4(C)C)C3(C)C2)cc1. The van der Waals surface area contributed by atoms with Gasteiger partial charge in [-0.25, -0.2) is 5.43 Å². The Hall–Kier alpha value is -3.41. The van der Waals surface area contributed by atoms with E-state index in [2.05, 4.69) is 60.5 Å². The van der Waals surface area contributed by atoms with E-state index in [4.69, 9.17) is 4.74 Å². The van der Waals surface area contributed by atoms with Crippen LogP contribution >= 0.6 is 0 Å². The molecule has 39 heavy (non-hydrogen) atoms. The third-order valence-electron chi connectivity index (χ3n) is 10.4. The molecular formula is C33H38BN3O2. The average Bonchev–Trinajstić information content (AvgIpc) is 3.32. The summed E-state index contributed by atoms with van der Waals surface area (Å²) in [5.41, 5.74) is 8.35. The van der Waals surface area contributed by atoms with Crippen LogP contribution in [0.5, 0.6) is 5.75 Å². The van der Waals surface area contributed by atoms with Crippen LogP contribution in [0.25, 0.3) is 0 Å². The number of aromatic nitrogens is 1. The Morgan fingerprint density at radius 1 is 1.03 bits per heavy atom. The van der Waals surface area contributed by atoms with Crippen molar-refractivity contribution in [3.63, 3.8) is 0 Å². The molecule has 4 atom stereocenters. The summed E-state index contributed by atoms with van der Waals surface area (Å²) in [6.45, 7) is 10.6. The molecule has 2 bridgehead atoms. The summed E-state index contributed by atoms with van der Waals surface area (Å²) in [6, 6.07) is 20.2. The number of benzene rings is 2. The van der Waals surface area contributed by atoms with Crippen LogP contribution < -0.4 is 15.6 Å². The fourth-order valence-electron chi connectivity index (χ4n) is 8.02. The van der Waals surface area contributed by atoms with Gasteiger partial charge in [0.15, 0.2) is 6.71 Å². The number of carbonyl (C=O) groups is 1. The van der Waals surface area contributed by atoms with E-state index in [-0.39, 0.29) is 5.91 Å². The predicted molar refractivity (Wildman–Crippen MR) is 158 cm³/mol. The third kappa shape index (κ3) is 4.68. The van der Waals surface area contributed by atoms with Gasteiger partial charge >= 0.3 is 0 Å². The molecule has 4 fully saturated rings. The number of hydrazone groups is 1. The molecule has 4 aliphatic rings. The van der Waals surface area contributed by atoms with E-state index >= 15 is 0 Å². The lowest BCUT2D eigenvalue weighted by atomic mass is 9.37. The van der Waals surface area contributed by atoms with E-state index < -0.39 is 0 Å². The molecule has 1 saturated heterocycles. The largest absolute Gasteiger partial charge is 0.488 e. The van der Waals surface area contributed by atoms with Crippen molar-refractivity contribution in [2.45, 2.75) is 59.8 Å². The molecule has 3 saturated carbocycles. The predicted octanol–water partition coefficient (Wildman–Crippen LogP) is 6.22. The normalized spacial score (nSPS) is 26.9. The second-order valence-corrected chi connectivity index (χ2v) is 12.8. The van der Waals surface area contributed by atoms with Gasteiger partial charge in [-0.15, -0.1) is 0 Å². The zero-order valence-corrected chi connectivity index (χ0v) is 23.5. The van der Waals surface area contributed by atoms with Gasteiger partial charge in [0.25, 0.3) is 5.91 Å². The minimum Gasteiger partial charge on any atom is -0.488 e. The molecule has 2 heterocycles. The van der Waals surface area contributed by atoms with E-state index in [1.807, 2.05) is 31.2 Å². The van der Waals surface area contributed by atoms with Crippen molar-refractivity contribution in [2.24, 2.45) is 33.7 Å². The zero-order valence-electron chi connectivity index (χ0n) is 23.5. The molecular weight excluding hydrogens is 481 g/mol. The monoisotopic (exact) mass is 519 g/mol. The van der Waals surface area contributed by atoms with Gasteiger partial charge in [-0.2, -0.15) is 5.10 Å². The number of pyridine rings is 1. The quantitative estimate of drug-likeness (QED) is 0.229. The maximum absolute atomic E-state index is 12.4. The van der Waals surface area contributed by atoms with Crippen LogP contribution in [0, 0.1) is 28.6 Å². The second-order valence-electron chi connectivity index (χ2n) is 12.8. The van der Waals surface area contributed by atoms with Gasteiger partial charge in [0.2, 0.25) is 0 Å². The number of carbonyl (C=O) groups excluding carboxylic acids is 1. The summed E-state index contributed by atoms with van der Waals surface area (Å²) < 4.78 is 6.24. The molecule has 5 nitrogen and oxygen atoms in total. The fourth-order valence-corrected chi connectivity index (χ4v) is 8.02. The van der Waals surface area contributed by atoms with Crippen molar-refractivity contribution in [2.75, 3.05) is 0 Å². The highest BCUT2D eigenvalue weighted by molar-refractivity contribution is 6.74. The van der Waals surface area contributed by atoms with Crippen LogP contribution in [-0.4, -0.2) is 23.3 Å². The summed E-state index contributed by atoms with van der Waals surface area (Å²) in [6.07, 6.45) is 8.73. The van der Waals surface area contributed by atoms with Crippen molar-refractivity contribution < 1.29 is 9.53 Å². The molecule has 1 amide bonds. The first-order valence-electron chi connectivity index (χ1n) is 14.3. The maximum atomic E-state index is 12.4. The van der Waals surface area contributed by atoms with Crippen LogP contribution in [-0.2, 0) is 6.61 Å². The number of amides is 1. The lowest BCUT2D eigenvalue weighted by Gasteiger charge is -2.66. The molecule has 0 radical (unpaired) electrons. The van der Waals surface area contributed by atoms with Crippen LogP contribution in [0.4, 0.5) is 0 Å². The van der Waals surface area contributed by atoms with Crippen molar-refractivity contribution in [1.82, 2.24) is 10.4 Å². The highest BCUT2D eigenvalue weighted by Crippen LogP contribution is 2.72. The second kappa shape index (κ2) is 9.97. The Balaban J connectivity index is 1.09. The number of nitrogens with one attached hydrogen (secondary N) is 1. The molecule has 6 heteroatoms. The minimum absolute atomic E-state index is 0.272. The minimum atomic E-state index is -0.272. The number of hydrogen-bond donors (Lipinski definition) is 1. The van der Waals surface area contributed by atoms with Crippen molar-refractivity contribution >= 4 is 23.8 Å². The van der Waals surface area contributed by atoms with Gasteiger partial charge in [-0.3, -0.25) is 9.78 Å². The molecule has 7 rings (SSSR count). The summed E-state index contributed by atoms with van der Waals surface area (Å²) in [5.74, 6) is 3.19. The molecule has 3 aromatic rings. The Morgan fingerprint density at radius 2 is 1.77 bits per heavy atom. The maximum Gasteiger partial charge on any atom is 0.271 e. The van der Waals surface area contributed by atoms with Crippen molar-refractivity contribution in [3.05, 3.63) is 89.7 Å². The number of para-hydroxylation sites is 1. The Bertz CT molecular complexity index is 1390. The van der Waals surface area contributed by atoms with E-state index in [0.717, 1.165) is 34.6 Å². The number of ether oxygens (including phenoxy) is 1. The Morgan fingerprint density at radius 3 is 2.51 bits per heavy atom. The average molecular weight is 519 g/mol. The molecule has 2 aromatic carbocycles. The van der Waals surface area contributed by atoms with Gasteiger partial charge in [-0.1, -0.05) is 75.3 Å². The van der Waals surface area contributed by atoms with E-state index in [1.54, 1.807) is 24.5 Å². The van der Waals surface area contributed by atoms with Gasteiger partial charge in [0.05, 0.1) is 5.71 Å². The smallest absolute Gasteiger partial charge is 0.271 e. The van der Waals surface area contributed by atoms with Gasteiger partial charge in [0.1, 0.15) is 12.4 Å². The Kier molecular flexibility index (Phi) is 6.61. The fraction of sp³-hybridized carbons (Fsp3) is 0.424. The van der Waals surface area contributed by atoms with Crippen LogP contribution in [0.2, 0.25) is 12.6 Å². The molecule has 0 spiro atoms. The first-order chi connectivity index (χ1) is 18.8. The summed E-state index contributed by atoms with van der Waals surface area (Å²) >= 11 is 0. The van der Waals surface area contributed by atoms with E-state index in [0.29, 0.717) is 35.4 Å². The number of nitrogens with zero attached hydrogens (tertiary/aromatic N) is 2. The number of hydrogen-bond acceptors (Lipinski definition) is 4. The van der Waals surface area contributed by atoms with Crippen molar-refractivity contribution in [3.8, 4) is 5.75 Å². The van der Waals surface area contributed by atoms with Gasteiger partial charge in [0, 0.05) is 23.5 Å². The molecule has 1 N–H and O–H groups in total. The highest BCUT2D eigenvalue weighted by Gasteiger charge is 2.65. The zero-order chi connectivity index (χ0) is 27.2. The van der Waals surface area contributed by atoms with Gasteiger partial charge < -0.3 is 4.74 Å². The number of rotatable bonds is 7. The molecule has 4 unspecified atom stereocenters. The van der Waals surface area contributed by atoms with Crippen molar-refractivity contribution in [1.29, 1.82) is 0 Å². The van der Waals surface area contributed by atoms with Crippen LogP contribution in [0.1, 0.15) is 62.0 Å². The molecule has 1 aliphatic heterocycles. The molecule has 200 valence electrons. The highest BCUT2D eigenvalue weighted by atomic mass is 16.5. The molecule has 3 aliphatic carbocycles. The van der Waals surface area contributed by atoms with Crippen LogP contribution in [0.3, 0.4) is 0 Å². The molecule has 1 aromatic heterocycles. The lowest BCUT2D eigenvalue weighted by molar-refractivity contribution is -0.165. The van der Waals surface area contributed by atoms with E-state index in [1.165, 1.54) is 30.9 Å². The lowest BCUT2D eigenvalue weighted by Crippen LogP contribution is -2.58. The van der Waals surface area contributed by atoms with E-state index in [9.17, 15) is 4.79 Å². The first kappa shape index (κ1) is 25.9. The topological polar surface area (TPSA) is 63.6 Å². The third-order valence-corrected chi connectivity index (χ3v) is 10.4. The first-order valence-corrected chi connectivity index (χ1v) is 14.3. The van der Waals surface area contributed by atoms with Crippen LogP contribution in [0.15, 0.2) is 78.2 Å². The summed E-state index contributed by atoms with van der Waals surface area (Å²) in [7, 11) is 0. The Labute approximate surface area is 232 Å². The standard InChI is InChI=1S/C33H38BN3O2/c1-22(36-37-31(38)24-13-15-35-16-14-24)28-7-5-6-8-29(28)39-20-23-9-11-27(12-10-23)34-19-26-17-25-18-30(32(25,2)3)33(26,4)21-34/h5-16,25-26,30H,17-21H2,1-4H3,(H,37,38)/b36-22+. The summed E-state index contributed by atoms with van der Waals surface area (Å²) in [5, 5.41) is 4.31. The van der Waals surface area contributed by atoms with Gasteiger partial charge in [-0.05, 0) is 78.2 Å². The summed E-state index contributed by atoms with van der Waals surface area (Å²) in [4.78, 5) is 16.3.